The molecule has 10 nitrogen and oxygen atoms in total. The largest absolute Gasteiger partial charge is 0.394 e. The molecule has 1 saturated heterocycles. The van der Waals surface area contributed by atoms with Crippen LogP contribution in [-0.4, -0.2) is 114 Å². The van der Waals surface area contributed by atoms with Crippen molar-refractivity contribution < 1.29 is 49.6 Å². The molecule has 6 N–H and O–H groups in total. The molecule has 0 amide bonds. The number of methoxy groups -OCH3 is 2. The zero-order valence-corrected chi connectivity index (χ0v) is 14.6. The molecule has 0 aromatic heterocycles. The highest BCUT2D eigenvalue weighted by molar-refractivity contribution is 4.89. The summed E-state index contributed by atoms with van der Waals surface area (Å²) in [4.78, 5) is 0. The highest BCUT2D eigenvalue weighted by atomic mass is 16.7. The van der Waals surface area contributed by atoms with Crippen molar-refractivity contribution in [2.75, 3.05) is 34.0 Å². The van der Waals surface area contributed by atoms with Gasteiger partial charge in [0.1, 0.15) is 30.5 Å². The van der Waals surface area contributed by atoms with Gasteiger partial charge in [0, 0.05) is 20.1 Å². The Balaban J connectivity index is 2.79. The number of ether oxygens (including phenoxy) is 4. The molecule has 0 aromatic carbocycles. The van der Waals surface area contributed by atoms with E-state index in [0.717, 1.165) is 0 Å². The minimum absolute atomic E-state index is 0.172. The second kappa shape index (κ2) is 10.7. The van der Waals surface area contributed by atoms with Gasteiger partial charge in [0.25, 0.3) is 0 Å². The summed E-state index contributed by atoms with van der Waals surface area (Å²) in [5.74, 6) is -0.652. The van der Waals surface area contributed by atoms with Gasteiger partial charge in [-0.3, -0.25) is 0 Å². The molecule has 1 heterocycles. The Morgan fingerprint density at radius 2 is 1.72 bits per heavy atom. The molecule has 0 saturated carbocycles. The topological polar surface area (TPSA) is 158 Å². The summed E-state index contributed by atoms with van der Waals surface area (Å²) in [7, 11) is 2.59. The normalized spacial score (nSPS) is 33.5. The SMILES string of the molecule is COC(OC1C(O)C(CO)OC[C@H]1O)C(O)C(O)C(C)[C@@H](CO)OC. The van der Waals surface area contributed by atoms with E-state index in [1.165, 1.54) is 14.2 Å². The Bertz CT molecular complexity index is 366. The van der Waals surface area contributed by atoms with Crippen molar-refractivity contribution in [3.8, 4) is 0 Å². The predicted molar refractivity (Wildman–Crippen MR) is 83.6 cm³/mol. The Morgan fingerprint density at radius 3 is 2.20 bits per heavy atom. The van der Waals surface area contributed by atoms with Crippen molar-refractivity contribution in [1.29, 1.82) is 0 Å². The van der Waals surface area contributed by atoms with Gasteiger partial charge in [0.15, 0.2) is 6.29 Å². The highest BCUT2D eigenvalue weighted by Gasteiger charge is 2.43. The van der Waals surface area contributed by atoms with Crippen LogP contribution in [-0.2, 0) is 18.9 Å². The summed E-state index contributed by atoms with van der Waals surface area (Å²) in [6.07, 6.45) is -9.69. The third-order valence-corrected chi connectivity index (χ3v) is 4.52. The minimum Gasteiger partial charge on any atom is -0.394 e. The third kappa shape index (κ3) is 5.54. The van der Waals surface area contributed by atoms with Crippen molar-refractivity contribution in [2.45, 2.75) is 55.9 Å². The molecular formula is C15H30O10. The number of aliphatic hydroxyl groups excluding tert-OH is 6. The van der Waals surface area contributed by atoms with Gasteiger partial charge in [-0.2, -0.15) is 0 Å². The van der Waals surface area contributed by atoms with E-state index in [1.54, 1.807) is 6.92 Å². The summed E-state index contributed by atoms with van der Waals surface area (Å²) in [6, 6.07) is 0. The molecule has 1 fully saturated rings. The van der Waals surface area contributed by atoms with E-state index >= 15 is 0 Å². The van der Waals surface area contributed by atoms with Crippen molar-refractivity contribution in [3.63, 3.8) is 0 Å². The first kappa shape index (κ1) is 22.6. The number of rotatable bonds is 10. The zero-order chi connectivity index (χ0) is 19.1. The van der Waals surface area contributed by atoms with Crippen LogP contribution >= 0.6 is 0 Å². The first-order valence-corrected chi connectivity index (χ1v) is 8.08. The highest BCUT2D eigenvalue weighted by Crippen LogP contribution is 2.24. The molecule has 9 atom stereocenters. The maximum atomic E-state index is 10.3. The summed E-state index contributed by atoms with van der Waals surface area (Å²) in [5, 5.41) is 59.1. The monoisotopic (exact) mass is 370 g/mol. The second-order valence-corrected chi connectivity index (χ2v) is 6.11. The fraction of sp³-hybridized carbons (Fsp3) is 1.00. The fourth-order valence-electron chi connectivity index (χ4n) is 2.76. The van der Waals surface area contributed by atoms with Gasteiger partial charge < -0.3 is 49.6 Å². The Morgan fingerprint density at radius 1 is 1.08 bits per heavy atom. The zero-order valence-electron chi connectivity index (χ0n) is 14.6. The second-order valence-electron chi connectivity index (χ2n) is 6.11. The number of aliphatic hydroxyl groups is 6. The molecule has 10 heteroatoms. The van der Waals surface area contributed by atoms with E-state index in [-0.39, 0.29) is 13.2 Å². The Hall–Kier alpha value is -0.400. The smallest absolute Gasteiger partial charge is 0.186 e. The average Bonchev–Trinajstić information content (AvgIpc) is 2.61. The van der Waals surface area contributed by atoms with Crippen LogP contribution < -0.4 is 0 Å². The van der Waals surface area contributed by atoms with Crippen LogP contribution in [0, 0.1) is 5.92 Å². The lowest BCUT2D eigenvalue weighted by molar-refractivity contribution is -0.286. The maximum absolute atomic E-state index is 10.3. The molecule has 0 radical (unpaired) electrons. The maximum Gasteiger partial charge on any atom is 0.186 e. The first-order chi connectivity index (χ1) is 11.8. The molecule has 25 heavy (non-hydrogen) atoms. The van der Waals surface area contributed by atoms with Crippen LogP contribution in [0.15, 0.2) is 0 Å². The molecule has 1 aliphatic rings. The van der Waals surface area contributed by atoms with Crippen molar-refractivity contribution >= 4 is 0 Å². The molecule has 150 valence electrons. The Labute approximate surface area is 146 Å². The van der Waals surface area contributed by atoms with Crippen LogP contribution in [0.25, 0.3) is 0 Å². The quantitative estimate of drug-likeness (QED) is 0.217. The van der Waals surface area contributed by atoms with Gasteiger partial charge in [-0.15, -0.1) is 0 Å². The standard InChI is InChI=1S/C15H30O10/c1-7(9(4-16)22-2)11(19)13(21)15(23-3)25-14-8(18)6-24-10(5-17)12(14)20/h7-21H,4-6H2,1-3H3/t7?,8-,9-,10?,11?,12?,13?,14?,15?/m1/s1. The van der Waals surface area contributed by atoms with Crippen LogP contribution in [0.4, 0.5) is 0 Å². The van der Waals surface area contributed by atoms with Gasteiger partial charge in [-0.1, -0.05) is 6.92 Å². The van der Waals surface area contributed by atoms with Crippen LogP contribution in [0.2, 0.25) is 0 Å². The van der Waals surface area contributed by atoms with Gasteiger partial charge in [-0.25, -0.2) is 0 Å². The average molecular weight is 370 g/mol. The van der Waals surface area contributed by atoms with Crippen LogP contribution in [0.3, 0.4) is 0 Å². The summed E-state index contributed by atoms with van der Waals surface area (Å²) in [6.45, 7) is 0.578. The molecule has 7 unspecified atom stereocenters. The van der Waals surface area contributed by atoms with E-state index in [9.17, 15) is 25.5 Å². The van der Waals surface area contributed by atoms with Crippen LogP contribution in [0.5, 0.6) is 0 Å². The number of hydrogen-bond donors (Lipinski definition) is 6. The van der Waals surface area contributed by atoms with Crippen LogP contribution in [0.1, 0.15) is 6.92 Å². The lowest BCUT2D eigenvalue weighted by atomic mass is 9.93. The minimum atomic E-state index is -1.54. The van der Waals surface area contributed by atoms with E-state index in [0.29, 0.717) is 0 Å². The molecule has 0 aromatic rings. The number of hydrogen-bond acceptors (Lipinski definition) is 10. The van der Waals surface area contributed by atoms with E-state index in [4.69, 9.17) is 24.1 Å². The molecule has 0 spiro atoms. The van der Waals surface area contributed by atoms with Crippen molar-refractivity contribution in [1.82, 2.24) is 0 Å². The van der Waals surface area contributed by atoms with Gasteiger partial charge in [0.2, 0.25) is 0 Å². The van der Waals surface area contributed by atoms with Crippen molar-refractivity contribution in [2.24, 2.45) is 5.92 Å². The van der Waals surface area contributed by atoms with Crippen molar-refractivity contribution in [3.05, 3.63) is 0 Å². The van der Waals surface area contributed by atoms with Gasteiger partial charge in [-0.05, 0) is 0 Å². The first-order valence-electron chi connectivity index (χ1n) is 8.08. The third-order valence-electron chi connectivity index (χ3n) is 4.52. The predicted octanol–water partition coefficient (Wildman–Crippen LogP) is -3.18. The molecule has 1 rings (SSSR count). The van der Waals surface area contributed by atoms with Gasteiger partial charge >= 0.3 is 0 Å². The molecular weight excluding hydrogens is 340 g/mol. The summed E-state index contributed by atoms with van der Waals surface area (Å²) < 4.78 is 20.6. The summed E-state index contributed by atoms with van der Waals surface area (Å²) in [5.41, 5.74) is 0. The Kier molecular flexibility index (Phi) is 9.67. The molecule has 0 aliphatic carbocycles. The lowest BCUT2D eigenvalue weighted by Crippen LogP contribution is -2.58. The fourth-order valence-corrected chi connectivity index (χ4v) is 2.76. The lowest BCUT2D eigenvalue weighted by Gasteiger charge is -2.40. The summed E-state index contributed by atoms with van der Waals surface area (Å²) >= 11 is 0. The van der Waals surface area contributed by atoms with E-state index in [2.05, 4.69) is 0 Å². The van der Waals surface area contributed by atoms with E-state index in [1.807, 2.05) is 0 Å². The molecule has 0 bridgehead atoms. The molecule has 1 aliphatic heterocycles. The van der Waals surface area contributed by atoms with Gasteiger partial charge in [0.05, 0.1) is 32.0 Å². The van der Waals surface area contributed by atoms with E-state index < -0.39 is 61.5 Å².